The minimum Gasteiger partial charge on any atom is -0.481 e. The van der Waals surface area contributed by atoms with E-state index in [1.165, 1.54) is 4.90 Å². The highest BCUT2D eigenvalue weighted by atomic mass is 16.4. The number of carbonyl (C=O) groups excluding carboxylic acids is 2. The van der Waals surface area contributed by atoms with Crippen LogP contribution >= 0.6 is 0 Å². The van der Waals surface area contributed by atoms with Crippen LogP contribution in [0.25, 0.3) is 0 Å². The average Bonchev–Trinajstić information content (AvgIpc) is 2.91. The third kappa shape index (κ3) is 2.85. The molecule has 1 saturated heterocycles. The van der Waals surface area contributed by atoms with Crippen LogP contribution in [0.1, 0.15) is 39.5 Å². The number of nitrogens with zero attached hydrogens (tertiary/aromatic N) is 1. The van der Waals surface area contributed by atoms with Crippen molar-refractivity contribution in [1.29, 1.82) is 0 Å². The van der Waals surface area contributed by atoms with Crippen LogP contribution in [-0.4, -0.2) is 46.4 Å². The molecule has 6 heteroatoms. The number of likely N-dealkylation sites (tertiary alicyclic amines) is 1. The fourth-order valence-electron chi connectivity index (χ4n) is 3.25. The molecule has 0 aromatic heterocycles. The van der Waals surface area contributed by atoms with Crippen LogP contribution in [-0.2, 0) is 14.4 Å². The third-order valence-electron chi connectivity index (χ3n) is 4.30. The third-order valence-corrected chi connectivity index (χ3v) is 4.30. The highest BCUT2D eigenvalue weighted by Gasteiger charge is 2.41. The topological polar surface area (TPSA) is 86.7 Å². The zero-order valence-corrected chi connectivity index (χ0v) is 12.0. The number of aliphatic carboxylic acids is 1. The molecular weight excluding hydrogens is 260 g/mol. The van der Waals surface area contributed by atoms with E-state index in [-0.39, 0.29) is 36.1 Å². The Kier molecular flexibility index (Phi) is 4.42. The van der Waals surface area contributed by atoms with Crippen molar-refractivity contribution in [2.45, 2.75) is 51.6 Å². The van der Waals surface area contributed by atoms with Gasteiger partial charge in [0.05, 0.1) is 18.4 Å². The molecule has 2 rings (SSSR count). The van der Waals surface area contributed by atoms with E-state index in [2.05, 4.69) is 5.32 Å². The lowest BCUT2D eigenvalue weighted by Crippen LogP contribution is -2.43. The number of hydrogen-bond donors (Lipinski definition) is 2. The monoisotopic (exact) mass is 282 g/mol. The largest absolute Gasteiger partial charge is 0.481 e. The Morgan fingerprint density at radius 3 is 2.65 bits per heavy atom. The van der Waals surface area contributed by atoms with Crippen LogP contribution in [0.3, 0.4) is 0 Å². The van der Waals surface area contributed by atoms with Crippen LogP contribution < -0.4 is 5.32 Å². The summed E-state index contributed by atoms with van der Waals surface area (Å²) in [5, 5.41) is 12.2. The molecule has 1 aliphatic heterocycles. The van der Waals surface area contributed by atoms with E-state index in [0.29, 0.717) is 13.0 Å². The maximum atomic E-state index is 12.1. The molecule has 2 N–H and O–H groups in total. The van der Waals surface area contributed by atoms with E-state index in [0.717, 1.165) is 12.8 Å². The first kappa shape index (κ1) is 15.0. The number of carboxylic acid groups (broad SMARTS) is 1. The Balaban J connectivity index is 1.90. The van der Waals surface area contributed by atoms with Gasteiger partial charge in [-0.1, -0.05) is 6.42 Å². The van der Waals surface area contributed by atoms with Gasteiger partial charge in [-0.2, -0.15) is 0 Å². The lowest BCUT2D eigenvalue weighted by atomic mass is 9.96. The van der Waals surface area contributed by atoms with Gasteiger partial charge in [0.15, 0.2) is 0 Å². The van der Waals surface area contributed by atoms with Crippen molar-refractivity contribution in [2.75, 3.05) is 6.54 Å². The smallest absolute Gasteiger partial charge is 0.306 e. The number of hydrogen-bond acceptors (Lipinski definition) is 4. The number of amides is 2. The Hall–Kier alpha value is -1.43. The number of rotatable bonds is 5. The van der Waals surface area contributed by atoms with Gasteiger partial charge in [0.1, 0.15) is 0 Å². The SMILES string of the molecule is CC(C)N1C(=O)CC(NCC2CCCC2C(=O)O)C1=O. The fraction of sp³-hybridized carbons (Fsp3) is 0.786. The Morgan fingerprint density at radius 1 is 1.40 bits per heavy atom. The Labute approximate surface area is 118 Å². The van der Waals surface area contributed by atoms with Gasteiger partial charge in [0, 0.05) is 6.04 Å². The molecule has 1 heterocycles. The summed E-state index contributed by atoms with van der Waals surface area (Å²) in [5.41, 5.74) is 0. The maximum Gasteiger partial charge on any atom is 0.306 e. The van der Waals surface area contributed by atoms with E-state index in [1.54, 1.807) is 0 Å². The predicted octanol–water partition coefficient (Wildman–Crippen LogP) is 0.613. The van der Waals surface area contributed by atoms with Crippen LogP contribution in [0, 0.1) is 11.8 Å². The molecule has 1 aliphatic carbocycles. The van der Waals surface area contributed by atoms with Crippen LogP contribution in [0.4, 0.5) is 0 Å². The van der Waals surface area contributed by atoms with E-state index in [9.17, 15) is 14.4 Å². The zero-order chi connectivity index (χ0) is 14.9. The molecule has 0 spiro atoms. The van der Waals surface area contributed by atoms with Gasteiger partial charge in [-0.25, -0.2) is 0 Å². The van der Waals surface area contributed by atoms with Crippen molar-refractivity contribution >= 4 is 17.8 Å². The normalized spacial score (nSPS) is 30.6. The van der Waals surface area contributed by atoms with Crippen molar-refractivity contribution in [3.8, 4) is 0 Å². The van der Waals surface area contributed by atoms with E-state index < -0.39 is 12.0 Å². The first-order chi connectivity index (χ1) is 9.41. The summed E-state index contributed by atoms with van der Waals surface area (Å²) < 4.78 is 0. The summed E-state index contributed by atoms with van der Waals surface area (Å²) in [6.07, 6.45) is 2.67. The van der Waals surface area contributed by atoms with Crippen molar-refractivity contribution in [3.63, 3.8) is 0 Å². The van der Waals surface area contributed by atoms with E-state index in [1.807, 2.05) is 13.8 Å². The summed E-state index contributed by atoms with van der Waals surface area (Å²) in [6.45, 7) is 4.12. The fourth-order valence-corrected chi connectivity index (χ4v) is 3.25. The van der Waals surface area contributed by atoms with Crippen LogP contribution in [0.2, 0.25) is 0 Å². The molecule has 3 unspecified atom stereocenters. The number of carbonyl (C=O) groups is 3. The van der Waals surface area contributed by atoms with Crippen molar-refractivity contribution in [1.82, 2.24) is 10.2 Å². The number of imide groups is 1. The Bertz CT molecular complexity index is 421. The van der Waals surface area contributed by atoms with Crippen molar-refractivity contribution < 1.29 is 19.5 Å². The molecule has 0 aromatic rings. The molecule has 1 saturated carbocycles. The standard InChI is InChI=1S/C14H22N2O4/c1-8(2)16-12(17)6-11(13(16)18)15-7-9-4-3-5-10(9)14(19)20/h8-11,15H,3-7H2,1-2H3,(H,19,20). The molecule has 2 aliphatic rings. The molecule has 0 aromatic carbocycles. The predicted molar refractivity (Wildman–Crippen MR) is 71.9 cm³/mol. The lowest BCUT2D eigenvalue weighted by Gasteiger charge is -2.21. The molecular formula is C14H22N2O4. The quantitative estimate of drug-likeness (QED) is 0.722. The van der Waals surface area contributed by atoms with Gasteiger partial charge >= 0.3 is 5.97 Å². The molecule has 2 amide bonds. The van der Waals surface area contributed by atoms with Gasteiger partial charge in [-0.3, -0.25) is 19.3 Å². The average molecular weight is 282 g/mol. The maximum absolute atomic E-state index is 12.1. The molecule has 0 bridgehead atoms. The zero-order valence-electron chi connectivity index (χ0n) is 12.0. The first-order valence-corrected chi connectivity index (χ1v) is 7.24. The summed E-state index contributed by atoms with van der Waals surface area (Å²) in [6, 6.07) is -0.611. The van der Waals surface area contributed by atoms with E-state index >= 15 is 0 Å². The van der Waals surface area contributed by atoms with Gasteiger partial charge in [-0.05, 0) is 39.2 Å². The van der Waals surface area contributed by atoms with Gasteiger partial charge in [0.25, 0.3) is 0 Å². The summed E-state index contributed by atoms with van der Waals surface area (Å²) >= 11 is 0. The molecule has 0 radical (unpaired) electrons. The molecule has 6 nitrogen and oxygen atoms in total. The second-order valence-corrected chi connectivity index (χ2v) is 6.00. The van der Waals surface area contributed by atoms with Crippen molar-refractivity contribution in [3.05, 3.63) is 0 Å². The highest BCUT2D eigenvalue weighted by Crippen LogP contribution is 2.31. The first-order valence-electron chi connectivity index (χ1n) is 7.24. The van der Waals surface area contributed by atoms with Crippen LogP contribution in [0.5, 0.6) is 0 Å². The minimum absolute atomic E-state index is 0.0588. The minimum atomic E-state index is -0.757. The Morgan fingerprint density at radius 2 is 2.10 bits per heavy atom. The van der Waals surface area contributed by atoms with Gasteiger partial charge < -0.3 is 10.4 Å². The van der Waals surface area contributed by atoms with Crippen LogP contribution in [0.15, 0.2) is 0 Å². The lowest BCUT2D eigenvalue weighted by molar-refractivity contribution is -0.143. The second-order valence-electron chi connectivity index (χ2n) is 6.00. The second kappa shape index (κ2) is 5.91. The van der Waals surface area contributed by atoms with Crippen molar-refractivity contribution in [2.24, 2.45) is 11.8 Å². The molecule has 112 valence electrons. The number of nitrogens with one attached hydrogen (secondary N) is 1. The molecule has 20 heavy (non-hydrogen) atoms. The summed E-state index contributed by atoms with van der Waals surface area (Å²) in [4.78, 5) is 36.3. The van der Waals surface area contributed by atoms with Gasteiger partial charge in [0.2, 0.25) is 11.8 Å². The highest BCUT2D eigenvalue weighted by molar-refractivity contribution is 6.05. The summed E-state index contributed by atoms with van der Waals surface area (Å²) in [5.74, 6) is -1.36. The number of carboxylic acids is 1. The van der Waals surface area contributed by atoms with Gasteiger partial charge in [-0.15, -0.1) is 0 Å². The summed E-state index contributed by atoms with van der Waals surface area (Å²) in [7, 11) is 0. The van der Waals surface area contributed by atoms with E-state index in [4.69, 9.17) is 5.11 Å². The molecule has 2 fully saturated rings. The molecule has 3 atom stereocenters.